The van der Waals surface area contributed by atoms with Crippen molar-refractivity contribution in [3.8, 4) is 0 Å². The Labute approximate surface area is 167 Å². The van der Waals surface area contributed by atoms with Crippen molar-refractivity contribution in [2.75, 3.05) is 32.7 Å². The van der Waals surface area contributed by atoms with E-state index in [0.717, 1.165) is 50.8 Å². The monoisotopic (exact) mass is 379 g/mol. The van der Waals surface area contributed by atoms with E-state index in [1.54, 1.807) is 12.1 Å². The second kappa shape index (κ2) is 9.90. The Balaban J connectivity index is 1.56. The maximum absolute atomic E-state index is 11.2. The first-order chi connectivity index (χ1) is 13.7. The first-order valence-electron chi connectivity index (χ1n) is 9.84. The van der Waals surface area contributed by atoms with Gasteiger partial charge in [0.2, 0.25) is 5.91 Å². The van der Waals surface area contributed by atoms with Crippen LogP contribution in [0.1, 0.15) is 28.4 Å². The van der Waals surface area contributed by atoms with E-state index in [2.05, 4.69) is 52.4 Å². The molecule has 6 nitrogen and oxygen atoms in total. The van der Waals surface area contributed by atoms with Gasteiger partial charge in [-0.1, -0.05) is 42.5 Å². The van der Waals surface area contributed by atoms with E-state index in [4.69, 9.17) is 10.7 Å². The van der Waals surface area contributed by atoms with E-state index < -0.39 is 5.91 Å². The van der Waals surface area contributed by atoms with Gasteiger partial charge in [-0.25, -0.2) is 4.99 Å². The number of guanidine groups is 1. The average molecular weight is 380 g/mol. The number of carbonyl (C=O) groups excluding carboxylic acids is 1. The van der Waals surface area contributed by atoms with Crippen LogP contribution in [0.5, 0.6) is 0 Å². The topological polar surface area (TPSA) is 74.0 Å². The molecule has 0 bridgehead atoms. The molecule has 3 rings (SSSR count). The van der Waals surface area contributed by atoms with Crippen molar-refractivity contribution >= 4 is 11.9 Å². The normalized spacial score (nSPS) is 15.5. The number of aliphatic imine (C=N–C) groups is 1. The highest BCUT2D eigenvalue weighted by Crippen LogP contribution is 2.10. The first kappa shape index (κ1) is 19.9. The fourth-order valence-electron chi connectivity index (χ4n) is 3.33. The van der Waals surface area contributed by atoms with Crippen LogP contribution in [-0.2, 0) is 13.1 Å². The number of nitrogens with one attached hydrogen (secondary N) is 1. The highest BCUT2D eigenvalue weighted by Gasteiger charge is 2.19. The molecule has 0 atom stereocenters. The van der Waals surface area contributed by atoms with Gasteiger partial charge in [0, 0.05) is 44.8 Å². The van der Waals surface area contributed by atoms with Crippen LogP contribution in [0.3, 0.4) is 0 Å². The lowest BCUT2D eigenvalue weighted by molar-refractivity contribution is 0.100. The van der Waals surface area contributed by atoms with E-state index in [-0.39, 0.29) is 0 Å². The van der Waals surface area contributed by atoms with E-state index in [1.165, 1.54) is 5.56 Å². The van der Waals surface area contributed by atoms with Gasteiger partial charge in [0.25, 0.3) is 0 Å². The molecule has 0 aliphatic carbocycles. The lowest BCUT2D eigenvalue weighted by atomic mass is 10.1. The van der Waals surface area contributed by atoms with Crippen LogP contribution in [0.2, 0.25) is 0 Å². The van der Waals surface area contributed by atoms with Gasteiger partial charge in [0.05, 0.1) is 6.54 Å². The van der Waals surface area contributed by atoms with Crippen LogP contribution in [0.15, 0.2) is 59.6 Å². The Bertz CT molecular complexity index is 780. The van der Waals surface area contributed by atoms with Gasteiger partial charge in [0.1, 0.15) is 0 Å². The molecule has 0 radical (unpaired) electrons. The minimum atomic E-state index is -0.406. The number of carbonyl (C=O) groups is 1. The second-order valence-corrected chi connectivity index (χ2v) is 6.98. The molecular formula is C22H29N5O. The van der Waals surface area contributed by atoms with Gasteiger partial charge in [-0.2, -0.15) is 0 Å². The van der Waals surface area contributed by atoms with Gasteiger partial charge < -0.3 is 16.0 Å². The predicted molar refractivity (Wildman–Crippen MR) is 113 cm³/mol. The summed E-state index contributed by atoms with van der Waals surface area (Å²) in [6, 6.07) is 17.9. The van der Waals surface area contributed by atoms with Crippen molar-refractivity contribution in [3.05, 3.63) is 71.3 Å². The Hall–Kier alpha value is -2.86. The molecule has 28 heavy (non-hydrogen) atoms. The van der Waals surface area contributed by atoms with Crippen LogP contribution in [0.4, 0.5) is 0 Å². The summed E-state index contributed by atoms with van der Waals surface area (Å²) >= 11 is 0. The minimum absolute atomic E-state index is 0.406. The maximum atomic E-state index is 11.2. The van der Waals surface area contributed by atoms with Gasteiger partial charge >= 0.3 is 0 Å². The van der Waals surface area contributed by atoms with Gasteiger partial charge in [-0.15, -0.1) is 0 Å². The molecule has 1 aliphatic heterocycles. The third kappa shape index (κ3) is 5.57. The zero-order valence-electron chi connectivity index (χ0n) is 16.5. The molecule has 1 aliphatic rings. The molecule has 3 N–H and O–H groups in total. The lowest BCUT2D eigenvalue weighted by Crippen LogP contribution is -2.52. The third-order valence-electron chi connectivity index (χ3n) is 4.91. The molecule has 2 aromatic rings. The van der Waals surface area contributed by atoms with Crippen molar-refractivity contribution in [1.82, 2.24) is 15.1 Å². The molecular weight excluding hydrogens is 350 g/mol. The molecule has 1 amide bonds. The SMILES string of the molecule is CCNC(=NCc1ccc(C(N)=O)cc1)N1CCN(Cc2ccccc2)CC1. The molecule has 0 saturated carbocycles. The van der Waals surface area contributed by atoms with Crippen molar-refractivity contribution in [3.63, 3.8) is 0 Å². The number of primary amides is 1. The Kier molecular flexibility index (Phi) is 7.03. The molecule has 1 heterocycles. The fourth-order valence-corrected chi connectivity index (χ4v) is 3.33. The summed E-state index contributed by atoms with van der Waals surface area (Å²) in [5.41, 5.74) is 8.23. The summed E-state index contributed by atoms with van der Waals surface area (Å²) in [4.78, 5) is 20.8. The molecule has 2 aromatic carbocycles. The number of hydrogen-bond acceptors (Lipinski definition) is 3. The van der Waals surface area contributed by atoms with E-state index in [0.29, 0.717) is 12.1 Å². The zero-order valence-corrected chi connectivity index (χ0v) is 16.5. The summed E-state index contributed by atoms with van der Waals surface area (Å²) < 4.78 is 0. The number of piperazine rings is 1. The lowest BCUT2D eigenvalue weighted by Gasteiger charge is -2.36. The fraction of sp³-hybridized carbons (Fsp3) is 0.364. The summed E-state index contributed by atoms with van der Waals surface area (Å²) in [6.07, 6.45) is 0. The summed E-state index contributed by atoms with van der Waals surface area (Å²) in [5.74, 6) is 0.539. The molecule has 1 saturated heterocycles. The van der Waals surface area contributed by atoms with Gasteiger partial charge in [-0.05, 0) is 30.2 Å². The number of rotatable bonds is 6. The van der Waals surface area contributed by atoms with Crippen LogP contribution in [0.25, 0.3) is 0 Å². The van der Waals surface area contributed by atoms with Gasteiger partial charge in [0.15, 0.2) is 5.96 Å². The predicted octanol–water partition coefficient (Wildman–Crippen LogP) is 2.07. The zero-order chi connectivity index (χ0) is 19.8. The average Bonchev–Trinajstić information content (AvgIpc) is 2.73. The Morgan fingerprint density at radius 2 is 1.68 bits per heavy atom. The van der Waals surface area contributed by atoms with Crippen molar-refractivity contribution in [1.29, 1.82) is 0 Å². The smallest absolute Gasteiger partial charge is 0.248 e. The van der Waals surface area contributed by atoms with Crippen molar-refractivity contribution in [2.45, 2.75) is 20.0 Å². The molecule has 0 spiro atoms. The number of amides is 1. The van der Waals surface area contributed by atoms with Crippen LogP contribution in [0, 0.1) is 0 Å². The number of benzene rings is 2. The quantitative estimate of drug-likeness (QED) is 0.595. The Morgan fingerprint density at radius 1 is 1.00 bits per heavy atom. The van der Waals surface area contributed by atoms with E-state index in [9.17, 15) is 4.79 Å². The molecule has 148 valence electrons. The summed E-state index contributed by atoms with van der Waals surface area (Å²) in [5, 5.41) is 3.40. The summed E-state index contributed by atoms with van der Waals surface area (Å²) in [6.45, 7) is 8.45. The van der Waals surface area contributed by atoms with Crippen LogP contribution >= 0.6 is 0 Å². The van der Waals surface area contributed by atoms with Gasteiger partial charge in [-0.3, -0.25) is 9.69 Å². The van der Waals surface area contributed by atoms with Crippen molar-refractivity contribution < 1.29 is 4.79 Å². The number of nitrogens with two attached hydrogens (primary N) is 1. The number of nitrogens with zero attached hydrogens (tertiary/aromatic N) is 3. The third-order valence-corrected chi connectivity index (χ3v) is 4.91. The first-order valence-corrected chi connectivity index (χ1v) is 9.84. The molecule has 1 fully saturated rings. The minimum Gasteiger partial charge on any atom is -0.366 e. The van der Waals surface area contributed by atoms with Crippen LogP contribution in [-0.4, -0.2) is 54.4 Å². The van der Waals surface area contributed by atoms with Crippen LogP contribution < -0.4 is 11.1 Å². The highest BCUT2D eigenvalue weighted by atomic mass is 16.1. The standard InChI is InChI=1S/C22H29N5O/c1-2-24-22(25-16-18-8-10-20(11-9-18)21(23)28)27-14-12-26(13-15-27)17-19-6-4-3-5-7-19/h3-11H,2,12-17H2,1H3,(H2,23,28)(H,24,25). The molecule has 0 unspecified atom stereocenters. The van der Waals surface area contributed by atoms with E-state index in [1.807, 2.05) is 12.1 Å². The van der Waals surface area contributed by atoms with E-state index >= 15 is 0 Å². The summed E-state index contributed by atoms with van der Waals surface area (Å²) in [7, 11) is 0. The second-order valence-electron chi connectivity index (χ2n) is 6.98. The van der Waals surface area contributed by atoms with Crippen molar-refractivity contribution in [2.24, 2.45) is 10.7 Å². The molecule has 0 aromatic heterocycles. The largest absolute Gasteiger partial charge is 0.366 e. The number of hydrogen-bond donors (Lipinski definition) is 2. The highest BCUT2D eigenvalue weighted by molar-refractivity contribution is 5.92. The maximum Gasteiger partial charge on any atom is 0.248 e. The molecule has 6 heteroatoms. The Morgan fingerprint density at radius 3 is 2.29 bits per heavy atom.